The first-order valence-electron chi connectivity index (χ1n) is 9.63. The monoisotopic (exact) mass is 473 g/mol. The van der Waals surface area contributed by atoms with Crippen LogP contribution >= 0.6 is 11.6 Å². The lowest BCUT2D eigenvalue weighted by molar-refractivity contribution is -0.121. The maximum Gasteiger partial charge on any atom is 0.255 e. The summed E-state index contributed by atoms with van der Waals surface area (Å²) in [5.74, 6) is -1.22. The van der Waals surface area contributed by atoms with Crippen LogP contribution in [0.15, 0.2) is 82.8 Å². The first-order valence-corrected chi connectivity index (χ1v) is 11.5. The van der Waals surface area contributed by atoms with Crippen molar-refractivity contribution in [3.05, 3.63) is 100 Å². The first kappa shape index (κ1) is 23.6. The number of rotatable bonds is 8. The molecule has 0 heterocycles. The third-order valence-corrected chi connectivity index (χ3v) is 6.61. The minimum atomic E-state index is -4.07. The number of nitrogens with one attached hydrogen (secondary N) is 1. The quantitative estimate of drug-likeness (QED) is 0.394. The van der Waals surface area contributed by atoms with Crippen LogP contribution in [0.5, 0.6) is 0 Å². The molecule has 0 saturated heterocycles. The fourth-order valence-corrected chi connectivity index (χ4v) is 4.33. The third-order valence-electron chi connectivity index (χ3n) is 4.56. The van der Waals surface area contributed by atoms with Gasteiger partial charge >= 0.3 is 0 Å². The summed E-state index contributed by atoms with van der Waals surface area (Å²) in [6.45, 7) is 0.985. The van der Waals surface area contributed by atoms with Crippen LogP contribution in [0.4, 0.5) is 4.39 Å². The first-order chi connectivity index (χ1) is 15.3. The van der Waals surface area contributed by atoms with Crippen LogP contribution in [0, 0.1) is 12.7 Å². The van der Waals surface area contributed by atoms with E-state index >= 15 is 0 Å². The SMILES string of the molecule is Cc1ccc(S(=O)(=O)N(CC(=O)N/N=C\c2ccc(Cl)cc2)Cc2ccccc2F)cc1. The van der Waals surface area contributed by atoms with Crippen molar-refractivity contribution in [3.8, 4) is 0 Å². The van der Waals surface area contributed by atoms with Gasteiger partial charge in [0, 0.05) is 17.1 Å². The van der Waals surface area contributed by atoms with Crippen LogP contribution < -0.4 is 5.43 Å². The van der Waals surface area contributed by atoms with Gasteiger partial charge in [-0.2, -0.15) is 9.41 Å². The fraction of sp³-hybridized carbons (Fsp3) is 0.130. The number of hydrogen-bond acceptors (Lipinski definition) is 4. The van der Waals surface area contributed by atoms with E-state index in [1.165, 1.54) is 36.5 Å². The standard InChI is InChI=1S/C23H21ClFN3O3S/c1-17-6-12-21(13-7-17)32(30,31)28(15-19-4-2-3-5-22(19)25)16-23(29)27-26-14-18-8-10-20(24)11-9-18/h2-14H,15-16H2,1H3,(H,27,29)/b26-14-. The number of carbonyl (C=O) groups excluding carboxylic acids is 1. The molecule has 0 bridgehead atoms. The van der Waals surface area contributed by atoms with E-state index in [-0.39, 0.29) is 17.0 Å². The average molecular weight is 474 g/mol. The molecule has 0 radical (unpaired) electrons. The predicted molar refractivity (Wildman–Crippen MR) is 122 cm³/mol. The number of nitrogens with zero attached hydrogens (tertiary/aromatic N) is 2. The number of hydrazone groups is 1. The van der Waals surface area contributed by atoms with Crippen LogP contribution in [-0.4, -0.2) is 31.4 Å². The topological polar surface area (TPSA) is 78.8 Å². The maximum absolute atomic E-state index is 14.2. The van der Waals surface area contributed by atoms with Crippen LogP contribution in [-0.2, 0) is 21.4 Å². The smallest absolute Gasteiger partial charge is 0.255 e. The van der Waals surface area contributed by atoms with Crippen LogP contribution in [0.25, 0.3) is 0 Å². The van der Waals surface area contributed by atoms with Crippen LogP contribution in [0.2, 0.25) is 5.02 Å². The second-order valence-corrected chi connectivity index (χ2v) is 9.40. The molecule has 3 aromatic rings. The molecular formula is C23H21ClFN3O3S. The van der Waals surface area contributed by atoms with Gasteiger partial charge in [-0.05, 0) is 42.8 Å². The van der Waals surface area contributed by atoms with Gasteiger partial charge in [-0.25, -0.2) is 18.2 Å². The van der Waals surface area contributed by atoms with Crippen LogP contribution in [0.1, 0.15) is 16.7 Å². The summed E-state index contributed by atoms with van der Waals surface area (Å²) in [6, 6.07) is 18.8. The van der Waals surface area contributed by atoms with Crippen molar-refractivity contribution in [1.29, 1.82) is 0 Å². The van der Waals surface area contributed by atoms with Crippen LogP contribution in [0.3, 0.4) is 0 Å². The minimum Gasteiger partial charge on any atom is -0.272 e. The molecule has 0 fully saturated rings. The minimum absolute atomic E-state index is 0.0110. The Morgan fingerprint density at radius 2 is 1.72 bits per heavy atom. The summed E-state index contributed by atoms with van der Waals surface area (Å²) in [6.07, 6.45) is 1.41. The summed E-state index contributed by atoms with van der Waals surface area (Å²) in [5.41, 5.74) is 4.05. The highest BCUT2D eigenvalue weighted by atomic mass is 35.5. The second kappa shape index (κ2) is 10.5. The molecule has 166 valence electrons. The van der Waals surface area contributed by atoms with Crippen molar-refractivity contribution in [3.63, 3.8) is 0 Å². The molecule has 1 amide bonds. The van der Waals surface area contributed by atoms with Crippen molar-refractivity contribution in [2.24, 2.45) is 5.10 Å². The Bertz CT molecular complexity index is 1210. The second-order valence-electron chi connectivity index (χ2n) is 7.02. The molecule has 0 saturated carbocycles. The molecule has 3 aromatic carbocycles. The largest absolute Gasteiger partial charge is 0.272 e. The van der Waals surface area contributed by atoms with Crippen molar-refractivity contribution in [2.75, 3.05) is 6.54 Å². The Morgan fingerprint density at radius 1 is 1.06 bits per heavy atom. The zero-order valence-corrected chi connectivity index (χ0v) is 18.8. The zero-order chi connectivity index (χ0) is 23.1. The van der Waals surface area contributed by atoms with Crippen molar-refractivity contribution in [2.45, 2.75) is 18.4 Å². The molecule has 1 N–H and O–H groups in total. The van der Waals surface area contributed by atoms with Gasteiger partial charge in [-0.3, -0.25) is 4.79 Å². The molecule has 6 nitrogen and oxygen atoms in total. The van der Waals surface area contributed by atoms with E-state index in [0.29, 0.717) is 10.6 Å². The lowest BCUT2D eigenvalue weighted by Crippen LogP contribution is -2.39. The number of hydrogen-bond donors (Lipinski definition) is 1. The van der Waals surface area contributed by atoms with E-state index in [9.17, 15) is 17.6 Å². The van der Waals surface area contributed by atoms with Gasteiger partial charge < -0.3 is 0 Å². The summed E-state index contributed by atoms with van der Waals surface area (Å²) in [7, 11) is -4.07. The van der Waals surface area contributed by atoms with Gasteiger partial charge in [-0.15, -0.1) is 0 Å². The van der Waals surface area contributed by atoms with E-state index in [0.717, 1.165) is 9.87 Å². The number of sulfonamides is 1. The highest BCUT2D eigenvalue weighted by Gasteiger charge is 2.27. The number of halogens is 2. The maximum atomic E-state index is 14.2. The summed E-state index contributed by atoms with van der Waals surface area (Å²) in [4.78, 5) is 12.5. The van der Waals surface area contributed by atoms with Crippen molar-refractivity contribution in [1.82, 2.24) is 9.73 Å². The molecule has 0 aromatic heterocycles. The predicted octanol–water partition coefficient (Wildman–Crippen LogP) is 4.13. The highest BCUT2D eigenvalue weighted by molar-refractivity contribution is 7.89. The van der Waals surface area contributed by atoms with Gasteiger partial charge in [0.05, 0.1) is 17.7 Å². The third kappa shape index (κ3) is 6.23. The van der Waals surface area contributed by atoms with Gasteiger partial charge in [0.25, 0.3) is 5.91 Å². The molecule has 0 aliphatic rings. The molecule has 0 aliphatic heterocycles. The Kier molecular flexibility index (Phi) is 7.74. The van der Waals surface area contributed by atoms with Gasteiger partial charge in [0.15, 0.2) is 0 Å². The molecule has 0 spiro atoms. The Labute approximate surface area is 191 Å². The summed E-state index contributed by atoms with van der Waals surface area (Å²) in [5, 5.41) is 4.42. The van der Waals surface area contributed by atoms with Gasteiger partial charge in [0.2, 0.25) is 10.0 Å². The number of aryl methyl sites for hydroxylation is 1. The van der Waals surface area contributed by atoms with E-state index in [4.69, 9.17) is 11.6 Å². The zero-order valence-electron chi connectivity index (χ0n) is 17.2. The lowest BCUT2D eigenvalue weighted by Gasteiger charge is -2.22. The van der Waals surface area contributed by atoms with E-state index in [1.54, 1.807) is 42.5 Å². The molecule has 0 aliphatic carbocycles. The van der Waals surface area contributed by atoms with E-state index < -0.39 is 28.3 Å². The number of amides is 1. The molecule has 9 heteroatoms. The molecule has 3 rings (SSSR count). The molecular weight excluding hydrogens is 453 g/mol. The highest BCUT2D eigenvalue weighted by Crippen LogP contribution is 2.20. The summed E-state index contributed by atoms with van der Waals surface area (Å²) >= 11 is 5.83. The normalized spacial score (nSPS) is 11.8. The Hall–Kier alpha value is -3.07. The fourth-order valence-electron chi connectivity index (χ4n) is 2.82. The number of benzene rings is 3. The Morgan fingerprint density at radius 3 is 2.38 bits per heavy atom. The van der Waals surface area contributed by atoms with Crippen molar-refractivity contribution < 1.29 is 17.6 Å². The van der Waals surface area contributed by atoms with Gasteiger partial charge in [0.1, 0.15) is 5.82 Å². The average Bonchev–Trinajstić information content (AvgIpc) is 2.76. The van der Waals surface area contributed by atoms with E-state index in [2.05, 4.69) is 10.5 Å². The summed E-state index contributed by atoms with van der Waals surface area (Å²) < 4.78 is 41.5. The Balaban J connectivity index is 1.80. The molecule has 0 atom stereocenters. The van der Waals surface area contributed by atoms with E-state index in [1.807, 2.05) is 6.92 Å². The van der Waals surface area contributed by atoms with Gasteiger partial charge in [-0.1, -0.05) is 59.6 Å². The lowest BCUT2D eigenvalue weighted by atomic mass is 10.2. The molecule has 0 unspecified atom stereocenters. The molecule has 32 heavy (non-hydrogen) atoms. The number of carbonyl (C=O) groups is 1. The van der Waals surface area contributed by atoms with Crippen molar-refractivity contribution >= 4 is 33.7 Å².